The predicted molar refractivity (Wildman–Crippen MR) is 57.1 cm³/mol. The van der Waals surface area contributed by atoms with Crippen LogP contribution < -0.4 is 5.32 Å². The van der Waals surface area contributed by atoms with Gasteiger partial charge in [0.05, 0.1) is 19.3 Å². The van der Waals surface area contributed by atoms with Gasteiger partial charge in [0.15, 0.2) is 17.0 Å². The van der Waals surface area contributed by atoms with E-state index in [2.05, 4.69) is 5.32 Å². The third-order valence-corrected chi connectivity index (χ3v) is 2.78. The third kappa shape index (κ3) is 2.17. The molecule has 0 atom stereocenters. The number of ether oxygens (including phenoxy) is 1. The van der Waals surface area contributed by atoms with Crippen LogP contribution in [-0.2, 0) is 16.1 Å². The number of benzene rings is 1. The molecule has 0 spiro atoms. The Kier molecular flexibility index (Phi) is 3.26. The first-order valence-electron chi connectivity index (χ1n) is 5.29. The lowest BCUT2D eigenvalue weighted by Crippen LogP contribution is -2.52. The highest BCUT2D eigenvalue weighted by Gasteiger charge is 2.46. The van der Waals surface area contributed by atoms with E-state index in [1.807, 2.05) is 6.07 Å². The Labute approximate surface area is 102 Å². The van der Waals surface area contributed by atoms with E-state index in [9.17, 15) is 13.6 Å². The van der Waals surface area contributed by atoms with E-state index in [1.54, 1.807) is 0 Å². The molecule has 2 rings (SSSR count). The van der Waals surface area contributed by atoms with Crippen molar-refractivity contribution in [2.45, 2.75) is 6.54 Å². The number of hydrogen-bond donors (Lipinski definition) is 1. The highest BCUT2D eigenvalue weighted by molar-refractivity contribution is 5.86. The van der Waals surface area contributed by atoms with Crippen molar-refractivity contribution in [3.8, 4) is 6.07 Å². The molecule has 6 heteroatoms. The van der Waals surface area contributed by atoms with E-state index in [-0.39, 0.29) is 19.8 Å². The van der Waals surface area contributed by atoms with Crippen molar-refractivity contribution in [2.75, 3.05) is 13.2 Å². The molecule has 1 aromatic rings. The summed E-state index contributed by atoms with van der Waals surface area (Å²) in [6.45, 7) is 0.166. The summed E-state index contributed by atoms with van der Waals surface area (Å²) >= 11 is 0. The van der Waals surface area contributed by atoms with Gasteiger partial charge in [0, 0.05) is 6.54 Å². The predicted octanol–water partition coefficient (Wildman–Crippen LogP) is 1.12. The first-order valence-corrected chi connectivity index (χ1v) is 5.29. The largest absolute Gasteiger partial charge is 0.377 e. The zero-order valence-electron chi connectivity index (χ0n) is 9.37. The molecular formula is C12H10F2N2O2. The smallest absolute Gasteiger partial charge is 0.245 e. The van der Waals surface area contributed by atoms with Crippen molar-refractivity contribution in [3.05, 3.63) is 35.4 Å². The molecule has 0 unspecified atom stereocenters. The monoisotopic (exact) mass is 252 g/mol. The lowest BCUT2D eigenvalue weighted by atomic mass is 9.87. The second kappa shape index (κ2) is 4.70. The number of amides is 1. The molecule has 1 aliphatic heterocycles. The topological polar surface area (TPSA) is 62.1 Å². The molecule has 4 nitrogen and oxygen atoms in total. The average Bonchev–Trinajstić information content (AvgIpc) is 2.30. The highest BCUT2D eigenvalue weighted by atomic mass is 19.2. The number of nitrogens with zero attached hydrogens (tertiary/aromatic N) is 1. The van der Waals surface area contributed by atoms with Crippen molar-refractivity contribution in [3.63, 3.8) is 0 Å². The van der Waals surface area contributed by atoms with Gasteiger partial charge in [-0.15, -0.1) is 0 Å². The Balaban J connectivity index is 1.97. The molecule has 0 radical (unpaired) electrons. The zero-order chi connectivity index (χ0) is 13.2. The molecule has 18 heavy (non-hydrogen) atoms. The van der Waals surface area contributed by atoms with Gasteiger partial charge in [-0.25, -0.2) is 8.78 Å². The SMILES string of the molecule is N#CC1(C(=O)NCc2ccc(F)c(F)c2)COC1. The van der Waals surface area contributed by atoms with Crippen molar-refractivity contribution >= 4 is 5.91 Å². The Morgan fingerprint density at radius 1 is 1.44 bits per heavy atom. The molecule has 1 saturated heterocycles. The molecule has 1 N–H and O–H groups in total. The van der Waals surface area contributed by atoms with E-state index in [4.69, 9.17) is 10.00 Å². The van der Waals surface area contributed by atoms with Crippen molar-refractivity contribution in [2.24, 2.45) is 5.41 Å². The van der Waals surface area contributed by atoms with Crippen LogP contribution in [0.1, 0.15) is 5.56 Å². The number of nitrogens with one attached hydrogen (secondary N) is 1. The van der Waals surface area contributed by atoms with Gasteiger partial charge in [-0.05, 0) is 17.7 Å². The summed E-state index contributed by atoms with van der Waals surface area (Å²) in [5.41, 5.74) is -0.714. The minimum absolute atomic E-state index is 0.0411. The summed E-state index contributed by atoms with van der Waals surface area (Å²) in [5, 5.41) is 11.4. The third-order valence-electron chi connectivity index (χ3n) is 2.78. The number of carbonyl (C=O) groups excluding carboxylic acids is 1. The highest BCUT2D eigenvalue weighted by Crippen LogP contribution is 2.26. The molecule has 0 aromatic heterocycles. The van der Waals surface area contributed by atoms with Crippen LogP contribution in [0.15, 0.2) is 18.2 Å². The first kappa shape index (κ1) is 12.5. The molecule has 1 amide bonds. The summed E-state index contributed by atoms with van der Waals surface area (Å²) in [6.07, 6.45) is 0. The number of carbonyl (C=O) groups is 1. The summed E-state index contributed by atoms with van der Waals surface area (Å²) in [4.78, 5) is 11.7. The molecule has 1 heterocycles. The van der Waals surface area contributed by atoms with Crippen LogP contribution in [-0.4, -0.2) is 19.1 Å². The fraction of sp³-hybridized carbons (Fsp3) is 0.333. The van der Waals surface area contributed by atoms with Gasteiger partial charge >= 0.3 is 0 Å². The molecule has 1 fully saturated rings. The second-order valence-electron chi connectivity index (χ2n) is 4.12. The summed E-state index contributed by atoms with van der Waals surface area (Å²) < 4.78 is 30.4. The Morgan fingerprint density at radius 3 is 2.67 bits per heavy atom. The van der Waals surface area contributed by atoms with Gasteiger partial charge in [-0.3, -0.25) is 4.79 Å². The van der Waals surface area contributed by atoms with Crippen molar-refractivity contribution < 1.29 is 18.3 Å². The normalized spacial score (nSPS) is 16.5. The maximum absolute atomic E-state index is 12.9. The van der Waals surface area contributed by atoms with Crippen LogP contribution in [0.5, 0.6) is 0 Å². The van der Waals surface area contributed by atoms with Gasteiger partial charge in [-0.1, -0.05) is 6.07 Å². The van der Waals surface area contributed by atoms with Gasteiger partial charge < -0.3 is 10.1 Å². The standard InChI is InChI=1S/C12H10F2N2O2/c13-9-2-1-8(3-10(9)14)4-16-11(17)12(5-15)6-18-7-12/h1-3H,4,6-7H2,(H,16,17). The molecule has 0 bridgehead atoms. The van der Waals surface area contributed by atoms with Crippen LogP contribution in [0, 0.1) is 28.4 Å². The molecular weight excluding hydrogens is 242 g/mol. The van der Waals surface area contributed by atoms with Crippen LogP contribution in [0.3, 0.4) is 0 Å². The Bertz CT molecular complexity index is 521. The second-order valence-corrected chi connectivity index (χ2v) is 4.12. The molecule has 1 aromatic carbocycles. The first-order chi connectivity index (χ1) is 8.57. The summed E-state index contributed by atoms with van der Waals surface area (Å²) in [7, 11) is 0. The number of rotatable bonds is 3. The number of nitriles is 1. The van der Waals surface area contributed by atoms with Gasteiger partial charge in [-0.2, -0.15) is 5.26 Å². The number of halogens is 2. The molecule has 94 valence electrons. The van der Waals surface area contributed by atoms with Crippen LogP contribution in [0.25, 0.3) is 0 Å². The van der Waals surface area contributed by atoms with E-state index in [0.717, 1.165) is 12.1 Å². The minimum Gasteiger partial charge on any atom is -0.377 e. The van der Waals surface area contributed by atoms with Crippen LogP contribution in [0.2, 0.25) is 0 Å². The fourth-order valence-corrected chi connectivity index (χ4v) is 1.55. The Morgan fingerprint density at radius 2 is 2.17 bits per heavy atom. The quantitative estimate of drug-likeness (QED) is 0.876. The average molecular weight is 252 g/mol. The van der Waals surface area contributed by atoms with Gasteiger partial charge in [0.2, 0.25) is 5.91 Å². The lowest BCUT2D eigenvalue weighted by Gasteiger charge is -2.33. The molecule has 1 aliphatic rings. The van der Waals surface area contributed by atoms with Crippen molar-refractivity contribution in [1.82, 2.24) is 5.32 Å². The van der Waals surface area contributed by atoms with E-state index < -0.39 is 23.0 Å². The molecule has 0 saturated carbocycles. The van der Waals surface area contributed by atoms with E-state index >= 15 is 0 Å². The number of hydrogen-bond acceptors (Lipinski definition) is 3. The van der Waals surface area contributed by atoms with Gasteiger partial charge in [0.25, 0.3) is 0 Å². The summed E-state index contributed by atoms with van der Waals surface area (Å²) in [6, 6.07) is 5.27. The maximum atomic E-state index is 12.9. The van der Waals surface area contributed by atoms with Gasteiger partial charge in [0.1, 0.15) is 0 Å². The lowest BCUT2D eigenvalue weighted by molar-refractivity contribution is -0.150. The van der Waals surface area contributed by atoms with E-state index in [1.165, 1.54) is 6.07 Å². The summed E-state index contributed by atoms with van der Waals surface area (Å²) in [5.74, 6) is -2.37. The zero-order valence-corrected chi connectivity index (χ0v) is 9.37. The van der Waals surface area contributed by atoms with Crippen LogP contribution >= 0.6 is 0 Å². The van der Waals surface area contributed by atoms with E-state index in [0.29, 0.717) is 5.56 Å². The minimum atomic E-state index is -1.14. The molecule has 0 aliphatic carbocycles. The Hall–Kier alpha value is -2.00. The maximum Gasteiger partial charge on any atom is 0.245 e. The fourth-order valence-electron chi connectivity index (χ4n) is 1.55. The van der Waals surface area contributed by atoms with Crippen molar-refractivity contribution in [1.29, 1.82) is 5.26 Å². The van der Waals surface area contributed by atoms with Crippen LogP contribution in [0.4, 0.5) is 8.78 Å².